The summed E-state index contributed by atoms with van der Waals surface area (Å²) in [5.74, 6) is 1.16. The summed E-state index contributed by atoms with van der Waals surface area (Å²) in [6.07, 6.45) is 2.68. The predicted octanol–water partition coefficient (Wildman–Crippen LogP) is 4.25. The van der Waals surface area contributed by atoms with Crippen LogP contribution >= 0.6 is 11.3 Å². The van der Waals surface area contributed by atoms with Crippen molar-refractivity contribution in [2.75, 3.05) is 6.61 Å². The Hall–Kier alpha value is -2.14. The van der Waals surface area contributed by atoms with Gasteiger partial charge in [0.25, 0.3) is 5.91 Å². The van der Waals surface area contributed by atoms with Gasteiger partial charge in [-0.1, -0.05) is 13.8 Å². The van der Waals surface area contributed by atoms with E-state index in [1.165, 1.54) is 0 Å². The van der Waals surface area contributed by atoms with E-state index in [-0.39, 0.29) is 5.91 Å². The van der Waals surface area contributed by atoms with Gasteiger partial charge < -0.3 is 4.74 Å². The Morgan fingerprint density at radius 2 is 2.04 bits per heavy atom. The molecular formula is C18H22N2O2S. The van der Waals surface area contributed by atoms with Crippen molar-refractivity contribution in [1.29, 1.82) is 0 Å². The topological polar surface area (TPSA) is 50.7 Å². The van der Waals surface area contributed by atoms with Gasteiger partial charge in [-0.25, -0.2) is 5.43 Å². The Balaban J connectivity index is 1.85. The first-order valence-corrected chi connectivity index (χ1v) is 8.54. The molecule has 4 nitrogen and oxygen atoms in total. The molecule has 1 aromatic carbocycles. The minimum Gasteiger partial charge on any atom is -0.494 e. The third-order valence-corrected chi connectivity index (χ3v) is 4.28. The first-order valence-electron chi connectivity index (χ1n) is 7.66. The molecule has 1 N–H and O–H groups in total. The van der Waals surface area contributed by atoms with E-state index < -0.39 is 0 Å². The van der Waals surface area contributed by atoms with Crippen LogP contribution in [0.5, 0.6) is 5.75 Å². The zero-order valence-corrected chi connectivity index (χ0v) is 14.5. The summed E-state index contributed by atoms with van der Waals surface area (Å²) in [6.45, 7) is 7.02. The average Bonchev–Trinajstić information content (AvgIpc) is 2.93. The molecule has 2 rings (SSSR count). The fourth-order valence-electron chi connectivity index (χ4n) is 1.85. The molecule has 23 heavy (non-hydrogen) atoms. The van der Waals surface area contributed by atoms with Crippen LogP contribution in [0.4, 0.5) is 0 Å². The molecule has 0 aliphatic carbocycles. The number of rotatable bonds is 7. The number of benzene rings is 1. The van der Waals surface area contributed by atoms with Crippen LogP contribution in [0, 0.1) is 12.8 Å². The molecule has 0 fully saturated rings. The van der Waals surface area contributed by atoms with Crippen molar-refractivity contribution in [2.24, 2.45) is 11.0 Å². The number of amides is 1. The van der Waals surface area contributed by atoms with Crippen LogP contribution in [0.2, 0.25) is 0 Å². The second-order valence-corrected chi connectivity index (χ2v) is 6.67. The summed E-state index contributed by atoms with van der Waals surface area (Å²) in [5.41, 5.74) is 4.24. The largest absolute Gasteiger partial charge is 0.494 e. The van der Waals surface area contributed by atoms with Gasteiger partial charge in [-0.3, -0.25) is 4.79 Å². The van der Waals surface area contributed by atoms with Crippen LogP contribution < -0.4 is 10.2 Å². The number of thiophene rings is 1. The van der Waals surface area contributed by atoms with Crippen LogP contribution in [0.25, 0.3) is 0 Å². The zero-order valence-electron chi connectivity index (χ0n) is 13.7. The van der Waals surface area contributed by atoms with Crippen molar-refractivity contribution in [3.63, 3.8) is 0 Å². The monoisotopic (exact) mass is 330 g/mol. The molecule has 0 unspecified atom stereocenters. The van der Waals surface area contributed by atoms with E-state index in [4.69, 9.17) is 4.74 Å². The van der Waals surface area contributed by atoms with Gasteiger partial charge in [0.05, 0.1) is 12.8 Å². The Labute approximate surface area is 141 Å². The lowest BCUT2D eigenvalue weighted by Crippen LogP contribution is -2.17. The fraction of sp³-hybridized carbons (Fsp3) is 0.333. The van der Waals surface area contributed by atoms with Crippen molar-refractivity contribution in [3.8, 4) is 5.75 Å². The molecule has 0 spiro atoms. The van der Waals surface area contributed by atoms with Gasteiger partial charge in [-0.15, -0.1) is 11.3 Å². The predicted molar refractivity (Wildman–Crippen MR) is 95.5 cm³/mol. The van der Waals surface area contributed by atoms with E-state index in [2.05, 4.69) is 24.4 Å². The number of carbonyl (C=O) groups is 1. The van der Waals surface area contributed by atoms with Gasteiger partial charge in [0.1, 0.15) is 5.75 Å². The van der Waals surface area contributed by atoms with Gasteiger partial charge in [0, 0.05) is 10.4 Å². The highest BCUT2D eigenvalue weighted by Gasteiger charge is 2.05. The highest BCUT2D eigenvalue weighted by atomic mass is 32.1. The first kappa shape index (κ1) is 17.2. The molecule has 0 atom stereocenters. The minimum absolute atomic E-state index is 0.232. The lowest BCUT2D eigenvalue weighted by Gasteiger charge is -2.08. The van der Waals surface area contributed by atoms with Gasteiger partial charge in [0.2, 0.25) is 0 Å². The second-order valence-electron chi connectivity index (χ2n) is 5.72. The normalized spacial score (nSPS) is 11.1. The number of nitrogens with one attached hydrogen (secondary N) is 1. The van der Waals surface area contributed by atoms with Gasteiger partial charge in [-0.05, 0) is 60.5 Å². The highest BCUT2D eigenvalue weighted by molar-refractivity contribution is 7.11. The number of carbonyl (C=O) groups excluding carboxylic acids is 1. The van der Waals surface area contributed by atoms with Crippen LogP contribution in [0.3, 0.4) is 0 Å². The number of nitrogens with zero attached hydrogens (tertiary/aromatic N) is 1. The summed E-state index contributed by atoms with van der Waals surface area (Å²) in [4.78, 5) is 13.1. The Kier molecular flexibility index (Phi) is 6.35. The number of hydrogen-bond donors (Lipinski definition) is 1. The van der Waals surface area contributed by atoms with Crippen LogP contribution in [0.15, 0.2) is 40.8 Å². The number of hydrogen-bond acceptors (Lipinski definition) is 4. The van der Waals surface area contributed by atoms with Crippen LogP contribution in [-0.4, -0.2) is 18.7 Å². The van der Waals surface area contributed by atoms with Crippen molar-refractivity contribution in [1.82, 2.24) is 5.43 Å². The Bertz CT molecular complexity index is 660. The van der Waals surface area contributed by atoms with Crippen molar-refractivity contribution >= 4 is 23.5 Å². The second kappa shape index (κ2) is 8.48. The summed E-state index contributed by atoms with van der Waals surface area (Å²) in [7, 11) is 0. The number of hydrazone groups is 1. The Morgan fingerprint density at radius 1 is 1.30 bits per heavy atom. The third kappa shape index (κ3) is 5.53. The van der Waals surface area contributed by atoms with Crippen LogP contribution in [-0.2, 0) is 0 Å². The lowest BCUT2D eigenvalue weighted by atomic mass is 10.1. The summed E-state index contributed by atoms with van der Waals surface area (Å²) in [6, 6.07) is 9.12. The number of aryl methyl sites for hydroxylation is 1. The van der Waals surface area contributed by atoms with Crippen molar-refractivity contribution in [2.45, 2.75) is 27.2 Å². The molecule has 0 saturated carbocycles. The van der Waals surface area contributed by atoms with Gasteiger partial charge in [0.15, 0.2) is 0 Å². The SMILES string of the molecule is Cc1ccsc1/C=N\NC(=O)c1ccc(OCCC(C)C)cc1. The van der Waals surface area contributed by atoms with E-state index >= 15 is 0 Å². The molecular weight excluding hydrogens is 308 g/mol. The highest BCUT2D eigenvalue weighted by Crippen LogP contribution is 2.14. The number of ether oxygens (including phenoxy) is 1. The van der Waals surface area contributed by atoms with Gasteiger partial charge in [-0.2, -0.15) is 5.10 Å². The maximum atomic E-state index is 12.0. The first-order chi connectivity index (χ1) is 11.1. The molecule has 0 aliphatic heterocycles. The average molecular weight is 330 g/mol. The maximum Gasteiger partial charge on any atom is 0.271 e. The maximum absolute atomic E-state index is 12.0. The zero-order chi connectivity index (χ0) is 16.7. The molecule has 1 amide bonds. The Morgan fingerprint density at radius 3 is 2.65 bits per heavy atom. The third-order valence-electron chi connectivity index (χ3n) is 3.33. The van der Waals surface area contributed by atoms with E-state index in [9.17, 15) is 4.79 Å². The molecule has 122 valence electrons. The molecule has 1 aromatic heterocycles. The van der Waals surface area contributed by atoms with Gasteiger partial charge >= 0.3 is 0 Å². The van der Waals surface area contributed by atoms with E-state index in [1.807, 2.05) is 30.5 Å². The molecule has 5 heteroatoms. The minimum atomic E-state index is -0.232. The summed E-state index contributed by atoms with van der Waals surface area (Å²) >= 11 is 1.59. The molecule has 0 aliphatic rings. The molecule has 0 bridgehead atoms. The summed E-state index contributed by atoms with van der Waals surface area (Å²) in [5, 5.41) is 5.99. The molecule has 0 radical (unpaired) electrons. The van der Waals surface area contributed by atoms with E-state index in [0.29, 0.717) is 18.1 Å². The molecule has 0 saturated heterocycles. The van der Waals surface area contributed by atoms with E-state index in [0.717, 1.165) is 22.6 Å². The quantitative estimate of drug-likeness (QED) is 0.609. The standard InChI is InChI=1S/C18H22N2O2S/c1-13(2)8-10-22-16-6-4-15(5-7-16)18(21)20-19-12-17-14(3)9-11-23-17/h4-7,9,11-13H,8,10H2,1-3H3,(H,20,21)/b19-12-. The smallest absolute Gasteiger partial charge is 0.271 e. The fourth-order valence-corrected chi connectivity index (χ4v) is 2.63. The van der Waals surface area contributed by atoms with Crippen molar-refractivity contribution < 1.29 is 9.53 Å². The van der Waals surface area contributed by atoms with Crippen molar-refractivity contribution in [3.05, 3.63) is 51.7 Å². The molecule has 2 aromatic rings. The lowest BCUT2D eigenvalue weighted by molar-refractivity contribution is 0.0955. The van der Waals surface area contributed by atoms with E-state index in [1.54, 1.807) is 29.7 Å². The molecule has 1 heterocycles. The van der Waals surface area contributed by atoms with Crippen LogP contribution in [0.1, 0.15) is 41.1 Å². The summed E-state index contributed by atoms with van der Waals surface area (Å²) < 4.78 is 5.63.